The largest absolute Gasteiger partial charge is 0.483 e. The van der Waals surface area contributed by atoms with Gasteiger partial charge in [-0.2, -0.15) is 0 Å². The van der Waals surface area contributed by atoms with Crippen LogP contribution in [0.3, 0.4) is 0 Å². The van der Waals surface area contributed by atoms with E-state index in [0.717, 1.165) is 26.4 Å². The zero-order chi connectivity index (χ0) is 14.5. The molecule has 2 unspecified atom stereocenters. The molecule has 1 aromatic carbocycles. The van der Waals surface area contributed by atoms with Gasteiger partial charge in [0.25, 0.3) is 0 Å². The Kier molecular flexibility index (Phi) is 5.60. The van der Waals surface area contributed by atoms with Crippen LogP contribution in [0.5, 0.6) is 5.75 Å². The Hall–Kier alpha value is -0.880. The molecule has 0 saturated carbocycles. The number of ether oxygens (including phenoxy) is 1. The van der Waals surface area contributed by atoms with Gasteiger partial charge in [-0.1, -0.05) is 19.1 Å². The van der Waals surface area contributed by atoms with Crippen molar-refractivity contribution in [2.45, 2.75) is 32.1 Å². The van der Waals surface area contributed by atoms with Gasteiger partial charge in [-0.15, -0.1) is 11.3 Å². The minimum atomic E-state index is -0.156. The summed E-state index contributed by atoms with van der Waals surface area (Å²) in [6.07, 6.45) is 0.686. The van der Waals surface area contributed by atoms with Gasteiger partial charge in [0.05, 0.1) is 10.4 Å². The van der Waals surface area contributed by atoms with Crippen molar-refractivity contribution in [3.05, 3.63) is 50.6 Å². The summed E-state index contributed by atoms with van der Waals surface area (Å²) in [7, 11) is 0. The molecule has 0 radical (unpaired) electrons. The first-order valence-corrected chi connectivity index (χ1v) is 8.12. The molecule has 3 N–H and O–H groups in total. The highest BCUT2D eigenvalue weighted by atomic mass is 79.9. The van der Waals surface area contributed by atoms with E-state index in [9.17, 15) is 0 Å². The smallest absolute Gasteiger partial charge is 0.148 e. The Balaban J connectivity index is 2.18. The van der Waals surface area contributed by atoms with Crippen molar-refractivity contribution in [2.75, 3.05) is 0 Å². The van der Waals surface area contributed by atoms with E-state index < -0.39 is 0 Å². The average molecular weight is 356 g/mol. The van der Waals surface area contributed by atoms with Gasteiger partial charge in [0.15, 0.2) is 0 Å². The van der Waals surface area contributed by atoms with Crippen LogP contribution in [0.1, 0.15) is 29.9 Å². The third-order valence-corrected chi connectivity index (χ3v) is 4.79. The Morgan fingerprint density at radius 2 is 1.95 bits per heavy atom. The van der Waals surface area contributed by atoms with E-state index in [4.69, 9.17) is 15.6 Å². The Bertz CT molecular complexity index is 541. The van der Waals surface area contributed by atoms with Gasteiger partial charge < -0.3 is 15.6 Å². The highest BCUT2D eigenvalue weighted by Crippen LogP contribution is 2.32. The number of halogens is 1. The van der Waals surface area contributed by atoms with E-state index in [-0.39, 0.29) is 18.8 Å². The molecule has 1 aromatic heterocycles. The lowest BCUT2D eigenvalue weighted by atomic mass is 10.1. The molecule has 2 rings (SSSR count). The first kappa shape index (κ1) is 15.5. The summed E-state index contributed by atoms with van der Waals surface area (Å²) in [5.41, 5.74) is 7.06. The van der Waals surface area contributed by atoms with Crippen LogP contribution in [0, 0.1) is 0 Å². The van der Waals surface area contributed by atoms with Crippen molar-refractivity contribution in [3.8, 4) is 5.75 Å². The van der Waals surface area contributed by atoms with Crippen LogP contribution < -0.4 is 10.5 Å². The summed E-state index contributed by atoms with van der Waals surface area (Å²) in [4.78, 5) is 1.11. The molecule has 5 heteroatoms. The summed E-state index contributed by atoms with van der Waals surface area (Å²) in [6.45, 7) is 2.09. The van der Waals surface area contributed by atoms with Gasteiger partial charge in [-0.25, -0.2) is 0 Å². The second-order valence-electron chi connectivity index (χ2n) is 4.55. The maximum atomic E-state index is 9.05. The first-order valence-electron chi connectivity index (χ1n) is 6.51. The molecule has 108 valence electrons. The number of aliphatic hydroxyl groups is 1. The van der Waals surface area contributed by atoms with Crippen molar-refractivity contribution >= 4 is 27.3 Å². The standard InChI is InChI=1S/C15H18BrNO2S/c1-2-12(17)15(13-7-8-14(16)20-13)19-11-5-3-10(9-18)4-6-11/h3-8,12,15,18H,2,9,17H2,1H3. The number of nitrogens with two attached hydrogens (primary N) is 1. The minimum absolute atomic E-state index is 0.0378. The lowest BCUT2D eigenvalue weighted by molar-refractivity contribution is 0.174. The molecule has 0 amide bonds. The van der Waals surface area contributed by atoms with Crippen LogP contribution >= 0.6 is 27.3 Å². The highest BCUT2D eigenvalue weighted by Gasteiger charge is 2.22. The lowest BCUT2D eigenvalue weighted by Crippen LogP contribution is -2.30. The van der Waals surface area contributed by atoms with Crippen molar-refractivity contribution in [1.82, 2.24) is 0 Å². The van der Waals surface area contributed by atoms with Crippen molar-refractivity contribution in [3.63, 3.8) is 0 Å². The predicted molar refractivity (Wildman–Crippen MR) is 86.0 cm³/mol. The summed E-state index contributed by atoms with van der Waals surface area (Å²) >= 11 is 5.11. The normalized spacial score (nSPS) is 14.0. The average Bonchev–Trinajstić information content (AvgIpc) is 2.91. The summed E-state index contributed by atoms with van der Waals surface area (Å²) in [6, 6.07) is 11.4. The van der Waals surface area contributed by atoms with Gasteiger partial charge in [-0.3, -0.25) is 0 Å². The zero-order valence-electron chi connectivity index (χ0n) is 11.3. The van der Waals surface area contributed by atoms with Crippen molar-refractivity contribution in [2.24, 2.45) is 5.73 Å². The molecule has 20 heavy (non-hydrogen) atoms. The predicted octanol–water partition coefficient (Wildman–Crippen LogP) is 3.86. The topological polar surface area (TPSA) is 55.5 Å². The molecule has 2 atom stereocenters. The SMILES string of the molecule is CCC(N)C(Oc1ccc(CO)cc1)c1ccc(Br)s1. The number of rotatable bonds is 6. The van der Waals surface area contributed by atoms with E-state index in [1.165, 1.54) is 0 Å². The number of benzene rings is 1. The monoisotopic (exact) mass is 355 g/mol. The molecule has 0 aliphatic carbocycles. The molecule has 0 fully saturated rings. The van der Waals surface area contributed by atoms with Crippen LogP contribution in [0.15, 0.2) is 40.2 Å². The second-order valence-corrected chi connectivity index (χ2v) is 7.05. The van der Waals surface area contributed by atoms with Crippen LogP contribution in [0.4, 0.5) is 0 Å². The van der Waals surface area contributed by atoms with Gasteiger partial charge in [0.2, 0.25) is 0 Å². The Morgan fingerprint density at radius 1 is 1.25 bits per heavy atom. The van der Waals surface area contributed by atoms with Crippen LogP contribution in [0.2, 0.25) is 0 Å². The van der Waals surface area contributed by atoms with Crippen LogP contribution in [0.25, 0.3) is 0 Å². The number of hydrogen-bond donors (Lipinski definition) is 2. The molecule has 0 spiro atoms. The van der Waals surface area contributed by atoms with Crippen molar-refractivity contribution < 1.29 is 9.84 Å². The molecule has 0 saturated heterocycles. The van der Waals surface area contributed by atoms with E-state index in [1.807, 2.05) is 36.4 Å². The first-order chi connectivity index (χ1) is 9.63. The van der Waals surface area contributed by atoms with Crippen LogP contribution in [-0.2, 0) is 6.61 Å². The van der Waals surface area contributed by atoms with Crippen molar-refractivity contribution in [1.29, 1.82) is 0 Å². The highest BCUT2D eigenvalue weighted by molar-refractivity contribution is 9.11. The van der Waals surface area contributed by atoms with E-state index in [1.54, 1.807) is 11.3 Å². The second kappa shape index (κ2) is 7.22. The van der Waals surface area contributed by atoms with E-state index in [0.29, 0.717) is 0 Å². The maximum Gasteiger partial charge on any atom is 0.148 e. The number of thiophene rings is 1. The summed E-state index contributed by atoms with van der Waals surface area (Å²) < 4.78 is 7.12. The number of aliphatic hydroxyl groups excluding tert-OH is 1. The third kappa shape index (κ3) is 3.82. The molecule has 0 aliphatic rings. The van der Waals surface area contributed by atoms with E-state index >= 15 is 0 Å². The van der Waals surface area contributed by atoms with Gasteiger partial charge in [-0.05, 0) is 52.2 Å². The summed E-state index contributed by atoms with van der Waals surface area (Å²) in [5.74, 6) is 0.764. The molecule has 0 aliphatic heterocycles. The van der Waals surface area contributed by atoms with Crippen LogP contribution in [-0.4, -0.2) is 11.1 Å². The Morgan fingerprint density at radius 3 is 2.45 bits per heavy atom. The molecular weight excluding hydrogens is 338 g/mol. The molecule has 0 bridgehead atoms. The maximum absolute atomic E-state index is 9.05. The molecule has 1 heterocycles. The van der Waals surface area contributed by atoms with Gasteiger partial charge in [0.1, 0.15) is 11.9 Å². The fourth-order valence-electron chi connectivity index (χ4n) is 1.87. The lowest BCUT2D eigenvalue weighted by Gasteiger charge is -2.23. The Labute approximate surface area is 131 Å². The zero-order valence-corrected chi connectivity index (χ0v) is 13.7. The van der Waals surface area contributed by atoms with E-state index in [2.05, 4.69) is 22.9 Å². The third-order valence-electron chi connectivity index (χ3n) is 3.10. The van der Waals surface area contributed by atoms with Gasteiger partial charge >= 0.3 is 0 Å². The molecule has 3 nitrogen and oxygen atoms in total. The quantitative estimate of drug-likeness (QED) is 0.826. The molecule has 2 aromatic rings. The minimum Gasteiger partial charge on any atom is -0.483 e. The number of hydrogen-bond acceptors (Lipinski definition) is 4. The molecular formula is C15H18BrNO2S. The fourth-order valence-corrected chi connectivity index (χ4v) is 3.40. The summed E-state index contributed by atoms with van der Waals surface area (Å²) in [5, 5.41) is 9.05. The van der Waals surface area contributed by atoms with Gasteiger partial charge in [0, 0.05) is 10.9 Å². The fraction of sp³-hybridized carbons (Fsp3) is 0.333.